The zero-order chi connectivity index (χ0) is 30.8. The fraction of sp³-hybridized carbons (Fsp3) is 0.286. The lowest BCUT2D eigenvalue weighted by molar-refractivity contribution is -0.138. The molecule has 1 saturated heterocycles. The van der Waals surface area contributed by atoms with Gasteiger partial charge in [0.25, 0.3) is 5.91 Å². The van der Waals surface area contributed by atoms with Crippen molar-refractivity contribution in [3.05, 3.63) is 82.9 Å². The Morgan fingerprint density at radius 1 is 1.10 bits per heavy atom. The molecule has 4 heterocycles. The summed E-state index contributed by atoms with van der Waals surface area (Å²) < 4.78 is 69.7. The van der Waals surface area contributed by atoms with E-state index in [1.165, 1.54) is 53.4 Å². The van der Waals surface area contributed by atoms with Crippen molar-refractivity contribution < 1.29 is 26.8 Å². The van der Waals surface area contributed by atoms with Crippen molar-refractivity contribution in [2.24, 2.45) is 0 Å². The number of hydrogen-bond donors (Lipinski definition) is 1. The topological polar surface area (TPSA) is 87.9 Å². The summed E-state index contributed by atoms with van der Waals surface area (Å²) in [5.41, 5.74) is 0.507. The van der Waals surface area contributed by atoms with Gasteiger partial charge in [-0.15, -0.1) is 5.10 Å². The van der Waals surface area contributed by atoms with Gasteiger partial charge in [-0.3, -0.25) is 14.7 Å². The maximum atomic E-state index is 13.9. The predicted molar refractivity (Wildman–Crippen MR) is 142 cm³/mol. The zero-order valence-electron chi connectivity index (χ0n) is 24.4. The summed E-state index contributed by atoms with van der Waals surface area (Å²) in [4.78, 5) is 25.2. The van der Waals surface area contributed by atoms with Crippen LogP contribution in [-0.2, 0) is 12.7 Å². The van der Waals surface area contributed by atoms with Crippen molar-refractivity contribution in [1.29, 1.82) is 0 Å². The summed E-state index contributed by atoms with van der Waals surface area (Å²) in [7, 11) is -0.703. The largest absolute Gasteiger partial charge is 0.480 e. The van der Waals surface area contributed by atoms with E-state index in [4.69, 9.17) is 8.85 Å². The number of aromatic nitrogens is 4. The molecule has 1 N–H and O–H groups in total. The number of likely N-dealkylation sites (N-methyl/N-ethyl adjacent to an activating group) is 1. The number of benzene rings is 1. The Labute approximate surface area is 232 Å². The summed E-state index contributed by atoms with van der Waals surface area (Å²) >= 11 is 0. The van der Waals surface area contributed by atoms with E-state index in [2.05, 4.69) is 37.1 Å². The first-order valence-electron chi connectivity index (χ1n) is 13.8. The van der Waals surface area contributed by atoms with Crippen LogP contribution < -0.4 is 10.1 Å². The van der Waals surface area contributed by atoms with Crippen LogP contribution in [-0.4, -0.2) is 75.6 Å². The highest BCUT2D eigenvalue weighted by atomic mass is 19.4. The molecule has 0 saturated carbocycles. The van der Waals surface area contributed by atoms with Crippen LogP contribution in [0.5, 0.6) is 5.88 Å². The quantitative estimate of drug-likeness (QED) is 0.379. The fourth-order valence-corrected chi connectivity index (χ4v) is 4.27. The monoisotopic (exact) mass is 552 g/mol. The second-order valence-electron chi connectivity index (χ2n) is 9.30. The van der Waals surface area contributed by atoms with E-state index in [0.717, 1.165) is 19.2 Å². The maximum Gasteiger partial charge on any atom is 0.416 e. The summed E-state index contributed by atoms with van der Waals surface area (Å²) in [6.45, 7) is 3.08. The van der Waals surface area contributed by atoms with E-state index < -0.39 is 24.7 Å². The minimum atomic E-state index is -4.59. The second kappa shape index (κ2) is 11.3. The van der Waals surface area contributed by atoms with Gasteiger partial charge in [0.1, 0.15) is 5.69 Å². The van der Waals surface area contributed by atoms with Crippen LogP contribution >= 0.6 is 0 Å². The van der Waals surface area contributed by atoms with Gasteiger partial charge >= 0.3 is 6.18 Å². The minimum Gasteiger partial charge on any atom is -0.480 e. The van der Waals surface area contributed by atoms with E-state index in [9.17, 15) is 18.0 Å². The molecule has 3 aromatic heterocycles. The number of nitrogens with one attached hydrogen (secondary N) is 1. The van der Waals surface area contributed by atoms with Gasteiger partial charge in [0.05, 0.1) is 28.5 Å². The molecule has 0 atom stereocenters. The Balaban J connectivity index is 1.32. The number of halogens is 3. The first-order valence-corrected chi connectivity index (χ1v) is 12.3. The van der Waals surface area contributed by atoms with Gasteiger partial charge < -0.3 is 15.0 Å². The molecule has 206 valence electrons. The molecule has 0 unspecified atom stereocenters. The smallest absolute Gasteiger partial charge is 0.416 e. The van der Waals surface area contributed by atoms with Crippen molar-refractivity contribution >= 4 is 17.2 Å². The maximum absolute atomic E-state index is 13.9. The lowest BCUT2D eigenvalue weighted by atomic mass is 10.0. The van der Waals surface area contributed by atoms with E-state index in [0.29, 0.717) is 30.0 Å². The third kappa shape index (κ3) is 6.22. The summed E-state index contributed by atoms with van der Waals surface area (Å²) in [6.07, 6.45) is -0.463. The van der Waals surface area contributed by atoms with Crippen LogP contribution in [0.2, 0.25) is 0 Å². The number of carbonyl (C=O) groups is 1. The number of anilines is 1. The summed E-state index contributed by atoms with van der Waals surface area (Å²) in [5, 5.41) is 6.62. The van der Waals surface area contributed by atoms with Crippen LogP contribution in [0.3, 0.4) is 0 Å². The standard InChI is InChI=1S/C28H26F3N7O2/c1-36-9-11-37(12-10-36)18-20-4-5-22(14-24(20)28(29,30)31)34-27(39)21-13-19(15-32-16-21)3-6-23-17-33-25-7-8-26(40-2)35-38(23)25/h4-5,7-8,13-17H,9-12,18H2,1-2H3,(H,34,39)/i2D3. The Bertz CT molecular complexity index is 1710. The molecule has 9 nitrogen and oxygen atoms in total. The SMILES string of the molecule is [2H]C([2H])([2H])Oc1ccc2ncc(C#Cc3cncc(C(=O)Nc4ccc(CN5CCN(C)CC5)c(C(F)(F)F)c4)c3)n2n1. The van der Waals surface area contributed by atoms with Crippen LogP contribution in [0.1, 0.15) is 36.9 Å². The number of methoxy groups -OCH3 is 1. The minimum absolute atomic E-state index is 0.00261. The van der Waals surface area contributed by atoms with Crippen molar-refractivity contribution in [3.63, 3.8) is 0 Å². The Morgan fingerprint density at radius 2 is 1.93 bits per heavy atom. The molecule has 1 amide bonds. The number of amides is 1. The number of fused-ring (bicyclic) bond motifs is 1. The highest BCUT2D eigenvalue weighted by Gasteiger charge is 2.34. The highest BCUT2D eigenvalue weighted by Crippen LogP contribution is 2.34. The number of rotatable bonds is 5. The Kier molecular flexibility index (Phi) is 6.64. The number of nitrogens with zero attached hydrogens (tertiary/aromatic N) is 6. The molecular weight excluding hydrogens is 523 g/mol. The molecule has 5 rings (SSSR count). The van der Waals surface area contributed by atoms with Crippen molar-refractivity contribution in [2.45, 2.75) is 12.7 Å². The third-order valence-corrected chi connectivity index (χ3v) is 6.44. The number of imidazole rings is 1. The van der Waals surface area contributed by atoms with Crippen LogP contribution in [0, 0.1) is 11.8 Å². The molecule has 0 spiro atoms. The fourth-order valence-electron chi connectivity index (χ4n) is 4.27. The van der Waals surface area contributed by atoms with E-state index in [1.807, 2.05) is 11.9 Å². The van der Waals surface area contributed by atoms with Crippen LogP contribution in [0.15, 0.2) is 55.0 Å². The first kappa shape index (κ1) is 23.4. The van der Waals surface area contributed by atoms with E-state index in [1.54, 1.807) is 0 Å². The molecule has 0 bridgehead atoms. The molecule has 4 aromatic rings. The number of ether oxygens (including phenoxy) is 1. The first-order chi connectivity index (χ1) is 20.3. The van der Waals surface area contributed by atoms with Gasteiger partial charge in [0.2, 0.25) is 5.88 Å². The van der Waals surface area contributed by atoms with Crippen LogP contribution in [0.4, 0.5) is 18.9 Å². The zero-order valence-corrected chi connectivity index (χ0v) is 21.4. The Hall–Kier alpha value is -4.47. The van der Waals surface area contributed by atoms with Gasteiger partial charge in [-0.1, -0.05) is 12.0 Å². The van der Waals surface area contributed by atoms with Gasteiger partial charge in [-0.2, -0.15) is 13.2 Å². The lowest BCUT2D eigenvalue weighted by Crippen LogP contribution is -2.44. The van der Waals surface area contributed by atoms with Gasteiger partial charge in [0, 0.05) is 62.4 Å². The summed E-state index contributed by atoms with van der Waals surface area (Å²) in [6, 6.07) is 8.14. The molecule has 1 aliphatic heterocycles. The van der Waals surface area contributed by atoms with Gasteiger partial charge in [-0.25, -0.2) is 9.50 Å². The average Bonchev–Trinajstić information content (AvgIpc) is 3.34. The molecule has 12 heteroatoms. The molecule has 0 radical (unpaired) electrons. The number of pyridine rings is 1. The van der Waals surface area contributed by atoms with E-state index >= 15 is 0 Å². The number of carbonyl (C=O) groups excluding carboxylic acids is 1. The Morgan fingerprint density at radius 3 is 2.70 bits per heavy atom. The average molecular weight is 553 g/mol. The lowest BCUT2D eigenvalue weighted by Gasteiger charge is -2.33. The number of hydrogen-bond acceptors (Lipinski definition) is 7. The second-order valence-corrected chi connectivity index (χ2v) is 9.30. The predicted octanol–water partition coefficient (Wildman–Crippen LogP) is 3.55. The van der Waals surface area contributed by atoms with Gasteiger partial charge in [0.15, 0.2) is 5.65 Å². The normalized spacial score (nSPS) is 15.9. The number of piperazine rings is 1. The third-order valence-electron chi connectivity index (χ3n) is 6.44. The molecular formula is C28H26F3N7O2. The number of alkyl halides is 3. The molecule has 1 fully saturated rings. The highest BCUT2D eigenvalue weighted by molar-refractivity contribution is 6.04. The van der Waals surface area contributed by atoms with Gasteiger partial charge in [-0.05, 0) is 42.8 Å². The molecule has 40 heavy (non-hydrogen) atoms. The van der Waals surface area contributed by atoms with Crippen molar-refractivity contribution in [2.75, 3.05) is 45.6 Å². The molecule has 0 aliphatic carbocycles. The van der Waals surface area contributed by atoms with Crippen molar-refractivity contribution in [1.82, 2.24) is 29.4 Å². The van der Waals surface area contributed by atoms with Crippen LogP contribution in [0.25, 0.3) is 5.65 Å². The van der Waals surface area contributed by atoms with Crippen molar-refractivity contribution in [3.8, 4) is 17.7 Å². The molecule has 1 aromatic carbocycles. The molecule has 1 aliphatic rings. The summed E-state index contributed by atoms with van der Waals surface area (Å²) in [5.74, 6) is 4.89. The van der Waals surface area contributed by atoms with E-state index in [-0.39, 0.29) is 29.2 Å².